The topological polar surface area (TPSA) is 9.23 Å². The van der Waals surface area contributed by atoms with Gasteiger partial charge in [-0.3, -0.25) is 0 Å². The van der Waals surface area contributed by atoms with Crippen LogP contribution >= 0.6 is 0 Å². The Morgan fingerprint density at radius 2 is 1.50 bits per heavy atom. The number of methoxy groups -OCH3 is 1. The first-order chi connectivity index (χ1) is 6.49. The van der Waals surface area contributed by atoms with Crippen molar-refractivity contribution >= 4 is 0 Å². The minimum Gasteiger partial charge on any atom is -0.378 e. The molecule has 0 aromatic heterocycles. The maximum absolute atomic E-state index is 5.80. The molecule has 0 aliphatic heterocycles. The van der Waals surface area contributed by atoms with Gasteiger partial charge in [0.05, 0.1) is 5.60 Å². The molecule has 1 heteroatoms. The standard InChI is InChI=1S/C13H28O/c1-7-10-11-12(4,5)13(8-2,9-3)14-6/h7-11H2,1-6H3. The van der Waals surface area contributed by atoms with Crippen LogP contribution in [0.25, 0.3) is 0 Å². The number of ether oxygens (including phenoxy) is 1. The highest BCUT2D eigenvalue weighted by Gasteiger charge is 2.41. The van der Waals surface area contributed by atoms with E-state index in [0.717, 1.165) is 12.8 Å². The van der Waals surface area contributed by atoms with Crippen LogP contribution in [-0.4, -0.2) is 12.7 Å². The Bertz CT molecular complexity index is 137. The second-order valence-corrected chi connectivity index (χ2v) is 4.89. The van der Waals surface area contributed by atoms with Crippen LogP contribution in [0.15, 0.2) is 0 Å². The Balaban J connectivity index is 4.60. The summed E-state index contributed by atoms with van der Waals surface area (Å²) < 4.78 is 5.80. The predicted octanol–water partition coefficient (Wildman–Crippen LogP) is 4.41. The summed E-state index contributed by atoms with van der Waals surface area (Å²) in [5, 5.41) is 0. The van der Waals surface area contributed by atoms with Crippen LogP contribution in [0.5, 0.6) is 0 Å². The van der Waals surface area contributed by atoms with Crippen molar-refractivity contribution in [1.82, 2.24) is 0 Å². The molecular formula is C13H28O. The van der Waals surface area contributed by atoms with Gasteiger partial charge < -0.3 is 4.74 Å². The van der Waals surface area contributed by atoms with Crippen molar-refractivity contribution in [1.29, 1.82) is 0 Å². The van der Waals surface area contributed by atoms with Gasteiger partial charge in [-0.25, -0.2) is 0 Å². The molecule has 0 aliphatic carbocycles. The normalized spacial score (nSPS) is 13.3. The van der Waals surface area contributed by atoms with E-state index in [0.29, 0.717) is 5.41 Å². The quantitative estimate of drug-likeness (QED) is 0.591. The van der Waals surface area contributed by atoms with Crippen molar-refractivity contribution in [2.24, 2.45) is 5.41 Å². The summed E-state index contributed by atoms with van der Waals surface area (Å²) in [6.07, 6.45) is 6.06. The molecular weight excluding hydrogens is 172 g/mol. The van der Waals surface area contributed by atoms with Crippen LogP contribution in [-0.2, 0) is 4.74 Å². The molecule has 0 N–H and O–H groups in total. The van der Waals surface area contributed by atoms with Crippen LogP contribution < -0.4 is 0 Å². The van der Waals surface area contributed by atoms with Crippen LogP contribution in [0.3, 0.4) is 0 Å². The molecule has 1 nitrogen and oxygen atoms in total. The van der Waals surface area contributed by atoms with Gasteiger partial charge in [-0.05, 0) is 24.7 Å². The molecule has 0 aromatic carbocycles. The van der Waals surface area contributed by atoms with E-state index in [1.54, 1.807) is 0 Å². The fraction of sp³-hybridized carbons (Fsp3) is 1.00. The highest BCUT2D eigenvalue weighted by atomic mass is 16.5. The average molecular weight is 200 g/mol. The summed E-state index contributed by atoms with van der Waals surface area (Å²) in [5.74, 6) is 0. The largest absolute Gasteiger partial charge is 0.378 e. The molecule has 14 heavy (non-hydrogen) atoms. The summed E-state index contributed by atoms with van der Waals surface area (Å²) in [4.78, 5) is 0. The van der Waals surface area contributed by atoms with E-state index in [1.165, 1.54) is 19.3 Å². The molecule has 0 radical (unpaired) electrons. The fourth-order valence-electron chi connectivity index (χ4n) is 2.62. The summed E-state index contributed by atoms with van der Waals surface area (Å²) in [6.45, 7) is 11.4. The van der Waals surface area contributed by atoms with Gasteiger partial charge in [0, 0.05) is 7.11 Å². The van der Waals surface area contributed by atoms with Crippen molar-refractivity contribution < 1.29 is 4.74 Å². The first-order valence-electron chi connectivity index (χ1n) is 6.04. The zero-order valence-corrected chi connectivity index (χ0v) is 10.9. The maximum atomic E-state index is 5.80. The molecule has 0 atom stereocenters. The lowest BCUT2D eigenvalue weighted by Crippen LogP contribution is -2.45. The number of unbranched alkanes of at least 4 members (excludes halogenated alkanes) is 1. The molecule has 0 aromatic rings. The highest BCUT2D eigenvalue weighted by Crippen LogP contribution is 2.42. The molecule has 0 amide bonds. The molecule has 0 aliphatic rings. The van der Waals surface area contributed by atoms with Gasteiger partial charge in [-0.1, -0.05) is 47.5 Å². The lowest BCUT2D eigenvalue weighted by Gasteiger charge is -2.45. The van der Waals surface area contributed by atoms with Gasteiger partial charge >= 0.3 is 0 Å². The van der Waals surface area contributed by atoms with Crippen molar-refractivity contribution in [3.63, 3.8) is 0 Å². The molecule has 0 fully saturated rings. The minimum atomic E-state index is 0.0716. The van der Waals surface area contributed by atoms with Gasteiger partial charge in [-0.15, -0.1) is 0 Å². The van der Waals surface area contributed by atoms with E-state index in [9.17, 15) is 0 Å². The van der Waals surface area contributed by atoms with Crippen molar-refractivity contribution in [3.05, 3.63) is 0 Å². The Kier molecular flexibility index (Phi) is 5.73. The van der Waals surface area contributed by atoms with Crippen LogP contribution in [0.4, 0.5) is 0 Å². The SMILES string of the molecule is CCCCC(C)(C)C(CC)(CC)OC. The number of hydrogen-bond donors (Lipinski definition) is 0. The number of hydrogen-bond acceptors (Lipinski definition) is 1. The van der Waals surface area contributed by atoms with E-state index in [1.807, 2.05) is 7.11 Å². The zero-order valence-electron chi connectivity index (χ0n) is 10.9. The lowest BCUT2D eigenvalue weighted by molar-refractivity contribution is -0.109. The highest BCUT2D eigenvalue weighted by molar-refractivity contribution is 4.92. The summed E-state index contributed by atoms with van der Waals surface area (Å²) >= 11 is 0. The molecule has 0 rings (SSSR count). The third-order valence-electron chi connectivity index (χ3n) is 3.92. The van der Waals surface area contributed by atoms with E-state index >= 15 is 0 Å². The molecule has 0 unspecified atom stereocenters. The summed E-state index contributed by atoms with van der Waals surface area (Å²) in [5.41, 5.74) is 0.365. The maximum Gasteiger partial charge on any atom is 0.0724 e. The van der Waals surface area contributed by atoms with E-state index in [-0.39, 0.29) is 5.60 Å². The van der Waals surface area contributed by atoms with E-state index in [2.05, 4.69) is 34.6 Å². The smallest absolute Gasteiger partial charge is 0.0724 e. The average Bonchev–Trinajstić information content (AvgIpc) is 2.18. The van der Waals surface area contributed by atoms with Gasteiger partial charge in [0.15, 0.2) is 0 Å². The molecule has 0 saturated carbocycles. The van der Waals surface area contributed by atoms with Crippen LogP contribution in [0.1, 0.15) is 66.7 Å². The first-order valence-corrected chi connectivity index (χ1v) is 6.04. The Hall–Kier alpha value is -0.0400. The van der Waals surface area contributed by atoms with Gasteiger partial charge in [0.25, 0.3) is 0 Å². The summed E-state index contributed by atoms with van der Waals surface area (Å²) in [6, 6.07) is 0. The Morgan fingerprint density at radius 3 is 1.79 bits per heavy atom. The Morgan fingerprint density at radius 1 is 1.00 bits per heavy atom. The van der Waals surface area contributed by atoms with Gasteiger partial charge in [0.2, 0.25) is 0 Å². The molecule has 0 spiro atoms. The monoisotopic (exact) mass is 200 g/mol. The molecule has 86 valence electrons. The first kappa shape index (κ1) is 14.0. The molecule has 0 saturated heterocycles. The number of rotatable bonds is 7. The lowest BCUT2D eigenvalue weighted by atomic mass is 9.68. The van der Waals surface area contributed by atoms with Crippen molar-refractivity contribution in [2.45, 2.75) is 72.3 Å². The van der Waals surface area contributed by atoms with E-state index in [4.69, 9.17) is 4.74 Å². The van der Waals surface area contributed by atoms with Gasteiger partial charge in [0.1, 0.15) is 0 Å². The third kappa shape index (κ3) is 2.73. The van der Waals surface area contributed by atoms with Gasteiger partial charge in [-0.2, -0.15) is 0 Å². The van der Waals surface area contributed by atoms with Crippen molar-refractivity contribution in [2.75, 3.05) is 7.11 Å². The minimum absolute atomic E-state index is 0.0716. The predicted molar refractivity (Wildman–Crippen MR) is 63.6 cm³/mol. The molecule has 0 bridgehead atoms. The molecule has 0 heterocycles. The van der Waals surface area contributed by atoms with Crippen LogP contribution in [0, 0.1) is 5.41 Å². The zero-order chi connectivity index (χ0) is 11.2. The summed E-state index contributed by atoms with van der Waals surface area (Å²) in [7, 11) is 1.86. The van der Waals surface area contributed by atoms with Crippen molar-refractivity contribution in [3.8, 4) is 0 Å². The second kappa shape index (κ2) is 5.75. The van der Waals surface area contributed by atoms with Crippen LogP contribution in [0.2, 0.25) is 0 Å². The fourth-order valence-corrected chi connectivity index (χ4v) is 2.62. The third-order valence-corrected chi connectivity index (χ3v) is 3.92. The Labute approximate surface area is 90.2 Å². The van der Waals surface area contributed by atoms with E-state index < -0.39 is 0 Å². The second-order valence-electron chi connectivity index (χ2n) is 4.89.